The third-order valence-corrected chi connectivity index (χ3v) is 10.1. The summed E-state index contributed by atoms with van der Waals surface area (Å²) in [6.45, 7) is 1.88. The Morgan fingerprint density at radius 3 is 2.05 bits per heavy atom. The summed E-state index contributed by atoms with van der Waals surface area (Å²) in [5.41, 5.74) is 6.70. The van der Waals surface area contributed by atoms with Gasteiger partial charge in [-0.2, -0.15) is 0 Å². The molecule has 9 heteroatoms. The summed E-state index contributed by atoms with van der Waals surface area (Å²) in [6.07, 6.45) is 11.5. The van der Waals surface area contributed by atoms with Gasteiger partial charge in [-0.25, -0.2) is 0 Å². The van der Waals surface area contributed by atoms with Crippen LogP contribution < -0.4 is 9.47 Å². The lowest BCUT2D eigenvalue weighted by molar-refractivity contribution is -0.362. The van der Waals surface area contributed by atoms with Gasteiger partial charge in [0.2, 0.25) is 0 Å². The van der Waals surface area contributed by atoms with Crippen LogP contribution >= 0.6 is 21.6 Å². The highest BCUT2D eigenvalue weighted by atomic mass is 33.1. The smallest absolute Gasteiger partial charge is 0.497 e. The van der Waals surface area contributed by atoms with Crippen LogP contribution in [0.3, 0.4) is 0 Å². The van der Waals surface area contributed by atoms with Crippen molar-refractivity contribution in [2.24, 2.45) is 0 Å². The van der Waals surface area contributed by atoms with Crippen LogP contribution in [0.25, 0.3) is 23.8 Å². The number of rotatable bonds is 12. The molecule has 0 saturated carbocycles. The van der Waals surface area contributed by atoms with Crippen LogP contribution in [0.2, 0.25) is 0 Å². The molecule has 0 atom stereocenters. The largest absolute Gasteiger partial charge is 0.737 e. The van der Waals surface area contributed by atoms with E-state index in [2.05, 4.69) is 6.92 Å². The molecule has 1 aromatic heterocycles. The van der Waals surface area contributed by atoms with Crippen molar-refractivity contribution in [2.75, 3.05) is 25.7 Å². The molecule has 3 heterocycles. The van der Waals surface area contributed by atoms with E-state index in [0.717, 1.165) is 57.9 Å². The van der Waals surface area contributed by atoms with Gasteiger partial charge in [0.05, 0.1) is 19.8 Å². The molecular weight excluding hydrogens is 581 g/mol. The Morgan fingerprint density at radius 2 is 1.47 bits per heavy atom. The van der Waals surface area contributed by atoms with Crippen LogP contribution in [-0.4, -0.2) is 47.4 Å². The van der Waals surface area contributed by atoms with E-state index < -0.39 is 6.97 Å². The average molecular weight is 619 g/mol. The Morgan fingerprint density at radius 1 is 0.860 bits per heavy atom. The molecule has 224 valence electrons. The van der Waals surface area contributed by atoms with Crippen molar-refractivity contribution in [1.29, 1.82) is 0 Å². The second-order valence-corrected chi connectivity index (χ2v) is 13.2. The molecule has 0 saturated heterocycles. The van der Waals surface area contributed by atoms with Crippen molar-refractivity contribution in [1.82, 2.24) is 4.48 Å². The van der Waals surface area contributed by atoms with Crippen molar-refractivity contribution in [3.63, 3.8) is 0 Å². The first kappa shape index (κ1) is 31.0. The first-order valence-electron chi connectivity index (χ1n) is 14.5. The number of hydrogen-bond acceptors (Lipinski definition) is 4. The SMILES string of the molecule is CCCCSSCC1=C2C(C)=CC(/C=C/c3ccc(OC)cc3)=[N+]2[B-](F)(F)n2c(/C=C/c3ccc(OC)cc3)cc(C)c21. The summed E-state index contributed by atoms with van der Waals surface area (Å²) in [4.78, 5) is 0. The molecule has 4 nitrogen and oxygen atoms in total. The number of fused-ring (bicyclic) bond motifs is 2. The van der Waals surface area contributed by atoms with Crippen LogP contribution in [0.1, 0.15) is 54.8 Å². The summed E-state index contributed by atoms with van der Waals surface area (Å²) in [6, 6.07) is 17.0. The maximum absolute atomic E-state index is 16.9. The molecular formula is C34H37BF2N2O2S2. The molecule has 0 bridgehead atoms. The van der Waals surface area contributed by atoms with Crippen molar-refractivity contribution < 1.29 is 22.6 Å². The number of hydrogen-bond donors (Lipinski definition) is 0. The topological polar surface area (TPSA) is 26.4 Å². The van der Waals surface area contributed by atoms with E-state index >= 15 is 8.63 Å². The first-order valence-corrected chi connectivity index (χ1v) is 17.0. The Balaban J connectivity index is 1.60. The molecule has 2 aliphatic heterocycles. The lowest BCUT2D eigenvalue weighted by Gasteiger charge is -2.34. The van der Waals surface area contributed by atoms with E-state index in [1.165, 1.54) is 8.96 Å². The third kappa shape index (κ3) is 6.43. The number of benzene rings is 2. The Hall–Kier alpha value is -3.43. The predicted molar refractivity (Wildman–Crippen MR) is 182 cm³/mol. The second kappa shape index (κ2) is 13.5. The van der Waals surface area contributed by atoms with E-state index in [9.17, 15) is 0 Å². The van der Waals surface area contributed by atoms with Gasteiger partial charge in [-0.15, -0.1) is 0 Å². The van der Waals surface area contributed by atoms with Gasteiger partial charge in [0.15, 0.2) is 11.4 Å². The number of methoxy groups -OCH3 is 2. The second-order valence-electron chi connectivity index (χ2n) is 10.7. The molecule has 43 heavy (non-hydrogen) atoms. The molecule has 0 fully saturated rings. The van der Waals surface area contributed by atoms with E-state index in [-0.39, 0.29) is 0 Å². The molecule has 2 aromatic carbocycles. The average Bonchev–Trinajstić information content (AvgIpc) is 3.54. The maximum Gasteiger partial charge on any atom is 0.737 e. The number of nitrogens with zero attached hydrogens (tertiary/aromatic N) is 2. The minimum atomic E-state index is -4.18. The fourth-order valence-corrected chi connectivity index (χ4v) is 7.88. The summed E-state index contributed by atoms with van der Waals surface area (Å²) in [7, 11) is 6.80. The number of halogens is 2. The molecule has 0 unspecified atom stereocenters. The maximum atomic E-state index is 16.9. The fourth-order valence-electron chi connectivity index (χ4n) is 5.57. The van der Waals surface area contributed by atoms with Crippen LogP contribution in [0.15, 0.2) is 78.0 Å². The highest BCUT2D eigenvalue weighted by Crippen LogP contribution is 2.44. The van der Waals surface area contributed by atoms with Crippen molar-refractivity contribution in [3.05, 3.63) is 106 Å². The van der Waals surface area contributed by atoms with E-state index in [4.69, 9.17) is 9.47 Å². The Bertz CT molecular complexity index is 1640. The monoisotopic (exact) mass is 618 g/mol. The minimum absolute atomic E-state index is 0.483. The third-order valence-electron chi connectivity index (χ3n) is 7.70. The zero-order valence-electron chi connectivity index (χ0n) is 25.3. The zero-order valence-corrected chi connectivity index (χ0v) is 26.9. The predicted octanol–water partition coefficient (Wildman–Crippen LogP) is 9.24. The summed E-state index contributed by atoms with van der Waals surface area (Å²) < 4.78 is 46.9. The van der Waals surface area contributed by atoms with Gasteiger partial charge in [0.25, 0.3) is 0 Å². The van der Waals surface area contributed by atoms with Gasteiger partial charge in [-0.1, -0.05) is 65.3 Å². The van der Waals surface area contributed by atoms with E-state index in [1.807, 2.05) is 97.5 Å². The van der Waals surface area contributed by atoms with Gasteiger partial charge >= 0.3 is 6.97 Å². The zero-order chi connectivity index (χ0) is 30.6. The summed E-state index contributed by atoms with van der Waals surface area (Å²) >= 11 is 0. The van der Waals surface area contributed by atoms with E-state index in [1.54, 1.807) is 37.2 Å². The van der Waals surface area contributed by atoms with Gasteiger partial charge in [0.1, 0.15) is 11.5 Å². The van der Waals surface area contributed by atoms with Crippen molar-refractivity contribution in [2.45, 2.75) is 33.6 Å². The van der Waals surface area contributed by atoms with Gasteiger partial charge in [-0.3, -0.25) is 0 Å². The van der Waals surface area contributed by atoms with Crippen LogP contribution in [0, 0.1) is 6.92 Å². The van der Waals surface area contributed by atoms with Gasteiger partial charge in [-0.05, 0) is 79.4 Å². The summed E-state index contributed by atoms with van der Waals surface area (Å²) in [5, 5.41) is 0. The van der Waals surface area contributed by atoms with Crippen LogP contribution in [0.4, 0.5) is 8.63 Å². The highest BCUT2D eigenvalue weighted by Gasteiger charge is 2.55. The number of aryl methyl sites for hydroxylation is 1. The molecule has 0 amide bonds. The normalized spacial score (nSPS) is 15.8. The molecule has 0 N–H and O–H groups in total. The number of unbranched alkanes of at least 4 members (excludes halogenated alkanes) is 1. The lowest BCUT2D eigenvalue weighted by Crippen LogP contribution is -2.51. The van der Waals surface area contributed by atoms with E-state index in [0.29, 0.717) is 28.5 Å². The van der Waals surface area contributed by atoms with Gasteiger partial charge < -0.3 is 27.1 Å². The van der Waals surface area contributed by atoms with Crippen LogP contribution in [-0.2, 0) is 0 Å². The number of allylic oxidation sites excluding steroid dienone is 3. The first-order chi connectivity index (χ1) is 20.8. The minimum Gasteiger partial charge on any atom is -0.497 e. The highest BCUT2D eigenvalue weighted by molar-refractivity contribution is 8.76. The lowest BCUT2D eigenvalue weighted by atomic mass is 9.86. The van der Waals surface area contributed by atoms with Crippen molar-refractivity contribution in [3.8, 4) is 11.5 Å². The quantitative estimate of drug-likeness (QED) is 0.115. The molecule has 0 spiro atoms. The molecule has 0 radical (unpaired) electrons. The molecule has 2 aliphatic rings. The molecule has 5 rings (SSSR count). The standard InChI is InChI=1S/C34H37BF2N2O2S2/c1-6-7-20-42-43-23-32-33-24(2)21-28(14-8-26-10-16-30(40-4)17-11-26)38(33)35(36,37)39-29(22-25(3)34(32)39)15-9-27-12-18-31(41-5)19-13-27/h8-19,21-22H,6-7,20,23H2,1-5H3/b14-8+,15-9+. The Kier molecular flexibility index (Phi) is 9.72. The number of aromatic nitrogens is 1. The number of ether oxygens (including phenoxy) is 2. The molecule has 0 aliphatic carbocycles. The van der Waals surface area contributed by atoms with Crippen molar-refractivity contribution >= 4 is 58.1 Å². The summed E-state index contributed by atoms with van der Waals surface area (Å²) in [5.74, 6) is 3.18. The fraction of sp³-hybridized carbons (Fsp3) is 0.265. The molecule has 3 aromatic rings. The Labute approximate surface area is 261 Å². The van der Waals surface area contributed by atoms with Crippen LogP contribution in [0.5, 0.6) is 11.5 Å². The van der Waals surface area contributed by atoms with Gasteiger partial charge in [0, 0.05) is 40.6 Å².